The number of fused-ring (bicyclic) bond motifs is 1. The van der Waals surface area contributed by atoms with Gasteiger partial charge in [0.2, 0.25) is 0 Å². The first-order valence-corrected chi connectivity index (χ1v) is 6.42. The molecule has 1 aromatic heterocycles. The van der Waals surface area contributed by atoms with Crippen LogP contribution in [0.2, 0.25) is 0 Å². The van der Waals surface area contributed by atoms with Crippen molar-refractivity contribution in [2.45, 2.75) is 18.9 Å². The number of aromatic nitrogens is 1. The highest BCUT2D eigenvalue weighted by Crippen LogP contribution is 2.14. The van der Waals surface area contributed by atoms with Gasteiger partial charge in [-0.3, -0.25) is 4.79 Å². The standard InChI is InChI=1S/C14H17N3O/c18-14(17-12-2-1-6-15-9-12)11-4-3-10-5-7-16-13(10)8-11/h3-5,7-8,12,15-16H,1-2,6,9H2,(H,17,18)/t12-/m0/s1. The molecule has 0 saturated carbocycles. The first kappa shape index (κ1) is 11.3. The lowest BCUT2D eigenvalue weighted by Gasteiger charge is -2.23. The Morgan fingerprint density at radius 2 is 2.28 bits per heavy atom. The van der Waals surface area contributed by atoms with Gasteiger partial charge in [0.15, 0.2) is 0 Å². The molecule has 0 spiro atoms. The number of benzene rings is 1. The predicted molar refractivity (Wildman–Crippen MR) is 71.7 cm³/mol. The van der Waals surface area contributed by atoms with Gasteiger partial charge in [0.1, 0.15) is 0 Å². The summed E-state index contributed by atoms with van der Waals surface area (Å²) in [6, 6.07) is 8.01. The fourth-order valence-electron chi connectivity index (χ4n) is 2.43. The maximum atomic E-state index is 12.1. The van der Waals surface area contributed by atoms with Gasteiger partial charge in [0, 0.05) is 29.9 Å². The van der Waals surface area contributed by atoms with Gasteiger partial charge in [0.05, 0.1) is 0 Å². The van der Waals surface area contributed by atoms with E-state index >= 15 is 0 Å². The Morgan fingerprint density at radius 1 is 1.33 bits per heavy atom. The number of H-pyrrole nitrogens is 1. The van der Waals surface area contributed by atoms with Crippen LogP contribution in [-0.2, 0) is 0 Å². The molecule has 1 saturated heterocycles. The number of rotatable bonds is 2. The summed E-state index contributed by atoms with van der Waals surface area (Å²) in [6.45, 7) is 1.93. The highest BCUT2D eigenvalue weighted by atomic mass is 16.1. The number of piperidine rings is 1. The first-order valence-electron chi connectivity index (χ1n) is 6.42. The van der Waals surface area contributed by atoms with Gasteiger partial charge in [-0.15, -0.1) is 0 Å². The van der Waals surface area contributed by atoms with Crippen LogP contribution in [0.15, 0.2) is 30.5 Å². The molecule has 1 aliphatic rings. The minimum atomic E-state index is 0.0141. The molecule has 4 heteroatoms. The van der Waals surface area contributed by atoms with E-state index in [9.17, 15) is 4.79 Å². The number of hydrogen-bond acceptors (Lipinski definition) is 2. The van der Waals surface area contributed by atoms with E-state index in [2.05, 4.69) is 15.6 Å². The summed E-state index contributed by atoms with van der Waals surface area (Å²) in [4.78, 5) is 15.3. The monoisotopic (exact) mass is 243 g/mol. The van der Waals surface area contributed by atoms with Crippen molar-refractivity contribution in [3.05, 3.63) is 36.0 Å². The smallest absolute Gasteiger partial charge is 0.251 e. The second-order valence-corrected chi connectivity index (χ2v) is 4.80. The largest absolute Gasteiger partial charge is 0.361 e. The molecule has 2 aromatic rings. The Balaban J connectivity index is 1.74. The number of nitrogens with one attached hydrogen (secondary N) is 3. The van der Waals surface area contributed by atoms with E-state index < -0.39 is 0 Å². The summed E-state index contributed by atoms with van der Waals surface area (Å²) in [5.74, 6) is 0.0141. The molecule has 0 radical (unpaired) electrons. The quantitative estimate of drug-likeness (QED) is 0.751. The number of carbonyl (C=O) groups excluding carboxylic acids is 1. The summed E-state index contributed by atoms with van der Waals surface area (Å²) in [6.07, 6.45) is 4.07. The third kappa shape index (κ3) is 2.24. The van der Waals surface area contributed by atoms with E-state index in [1.807, 2.05) is 30.5 Å². The lowest BCUT2D eigenvalue weighted by Crippen LogP contribution is -2.45. The molecule has 1 amide bonds. The van der Waals surface area contributed by atoms with E-state index in [1.54, 1.807) is 0 Å². The van der Waals surface area contributed by atoms with Crippen molar-refractivity contribution in [3.63, 3.8) is 0 Å². The number of hydrogen-bond donors (Lipinski definition) is 3. The van der Waals surface area contributed by atoms with Gasteiger partial charge >= 0.3 is 0 Å². The highest BCUT2D eigenvalue weighted by Gasteiger charge is 2.16. The number of amides is 1. The van der Waals surface area contributed by atoms with E-state index in [-0.39, 0.29) is 11.9 Å². The van der Waals surface area contributed by atoms with Crippen LogP contribution >= 0.6 is 0 Å². The zero-order valence-electron chi connectivity index (χ0n) is 10.2. The van der Waals surface area contributed by atoms with Crippen molar-refractivity contribution >= 4 is 16.8 Å². The maximum absolute atomic E-state index is 12.1. The van der Waals surface area contributed by atoms with Crippen molar-refractivity contribution in [1.82, 2.24) is 15.6 Å². The molecule has 2 heterocycles. The van der Waals surface area contributed by atoms with Crippen LogP contribution in [0, 0.1) is 0 Å². The number of aromatic amines is 1. The Morgan fingerprint density at radius 3 is 3.11 bits per heavy atom. The molecular formula is C14H17N3O. The predicted octanol–water partition coefficient (Wildman–Crippen LogP) is 1.65. The second kappa shape index (κ2) is 4.82. The summed E-state index contributed by atoms with van der Waals surface area (Å²) >= 11 is 0. The van der Waals surface area contributed by atoms with E-state index in [4.69, 9.17) is 0 Å². The fraction of sp³-hybridized carbons (Fsp3) is 0.357. The Labute approximate surface area is 106 Å². The average Bonchev–Trinajstić information content (AvgIpc) is 2.87. The van der Waals surface area contributed by atoms with Crippen molar-refractivity contribution in [1.29, 1.82) is 0 Å². The topological polar surface area (TPSA) is 56.9 Å². The molecule has 0 aliphatic carbocycles. The average molecular weight is 243 g/mol. The van der Waals surface area contributed by atoms with E-state index in [0.29, 0.717) is 0 Å². The molecule has 1 fully saturated rings. The summed E-state index contributed by atoms with van der Waals surface area (Å²) in [5, 5.41) is 7.50. The number of carbonyl (C=O) groups is 1. The fourth-order valence-corrected chi connectivity index (χ4v) is 2.43. The second-order valence-electron chi connectivity index (χ2n) is 4.80. The molecule has 94 valence electrons. The van der Waals surface area contributed by atoms with Crippen LogP contribution in [0.3, 0.4) is 0 Å². The van der Waals surface area contributed by atoms with Gasteiger partial charge in [-0.05, 0) is 43.0 Å². The SMILES string of the molecule is O=C(N[C@H]1CCCNC1)c1ccc2cc[nH]c2c1. The zero-order valence-corrected chi connectivity index (χ0v) is 10.2. The van der Waals surface area contributed by atoms with E-state index in [0.717, 1.165) is 42.4 Å². The Bertz CT molecular complexity index is 555. The molecule has 3 N–H and O–H groups in total. The van der Waals surface area contributed by atoms with Crippen LogP contribution in [0.5, 0.6) is 0 Å². The molecule has 4 nitrogen and oxygen atoms in total. The summed E-state index contributed by atoms with van der Waals surface area (Å²) in [5.41, 5.74) is 1.72. The van der Waals surface area contributed by atoms with Gasteiger partial charge in [-0.1, -0.05) is 6.07 Å². The van der Waals surface area contributed by atoms with Crippen molar-refractivity contribution in [2.75, 3.05) is 13.1 Å². The van der Waals surface area contributed by atoms with Gasteiger partial charge in [0.25, 0.3) is 5.91 Å². The van der Waals surface area contributed by atoms with Crippen LogP contribution in [0.25, 0.3) is 10.9 Å². The van der Waals surface area contributed by atoms with Gasteiger partial charge in [-0.2, -0.15) is 0 Å². The Kier molecular flexibility index (Phi) is 3.02. The Hall–Kier alpha value is -1.81. The van der Waals surface area contributed by atoms with Crippen molar-refractivity contribution in [2.24, 2.45) is 0 Å². The lowest BCUT2D eigenvalue weighted by atomic mass is 10.1. The molecule has 0 bridgehead atoms. The molecule has 1 aliphatic heterocycles. The van der Waals surface area contributed by atoms with Crippen LogP contribution < -0.4 is 10.6 Å². The van der Waals surface area contributed by atoms with Gasteiger partial charge < -0.3 is 15.6 Å². The minimum absolute atomic E-state index is 0.0141. The molecule has 18 heavy (non-hydrogen) atoms. The van der Waals surface area contributed by atoms with Crippen LogP contribution in [0.4, 0.5) is 0 Å². The lowest BCUT2D eigenvalue weighted by molar-refractivity contribution is 0.0931. The maximum Gasteiger partial charge on any atom is 0.251 e. The molecule has 1 aromatic carbocycles. The summed E-state index contributed by atoms with van der Waals surface area (Å²) in [7, 11) is 0. The third-order valence-electron chi connectivity index (χ3n) is 3.45. The third-order valence-corrected chi connectivity index (χ3v) is 3.45. The molecular weight excluding hydrogens is 226 g/mol. The minimum Gasteiger partial charge on any atom is -0.361 e. The van der Waals surface area contributed by atoms with E-state index in [1.165, 1.54) is 0 Å². The zero-order chi connectivity index (χ0) is 12.4. The van der Waals surface area contributed by atoms with Crippen LogP contribution in [0.1, 0.15) is 23.2 Å². The van der Waals surface area contributed by atoms with Crippen molar-refractivity contribution in [3.8, 4) is 0 Å². The van der Waals surface area contributed by atoms with Crippen LogP contribution in [-0.4, -0.2) is 30.0 Å². The molecule has 1 atom stereocenters. The molecule has 0 unspecified atom stereocenters. The normalized spacial score (nSPS) is 19.9. The summed E-state index contributed by atoms with van der Waals surface area (Å²) < 4.78 is 0. The highest BCUT2D eigenvalue weighted by molar-refractivity contribution is 5.98. The first-order chi connectivity index (χ1) is 8.83. The molecule has 3 rings (SSSR count). The van der Waals surface area contributed by atoms with Gasteiger partial charge in [-0.25, -0.2) is 0 Å². The van der Waals surface area contributed by atoms with Crippen molar-refractivity contribution < 1.29 is 4.79 Å².